The molecule has 4 rings (SSSR count). The van der Waals surface area contributed by atoms with Crippen LogP contribution in [0, 0.1) is 12.8 Å². The van der Waals surface area contributed by atoms with Crippen LogP contribution < -0.4 is 5.32 Å². The first-order valence-electron chi connectivity index (χ1n) is 8.54. The molecule has 6 heteroatoms. The van der Waals surface area contributed by atoms with Crippen LogP contribution in [0.3, 0.4) is 0 Å². The van der Waals surface area contributed by atoms with E-state index in [-0.39, 0.29) is 23.8 Å². The van der Waals surface area contributed by atoms with E-state index in [1.165, 1.54) is 0 Å². The van der Waals surface area contributed by atoms with Crippen molar-refractivity contribution in [1.82, 2.24) is 4.90 Å². The van der Waals surface area contributed by atoms with Gasteiger partial charge in [-0.2, -0.15) is 0 Å². The number of nitrogens with zero attached hydrogens (tertiary/aromatic N) is 1. The molecule has 1 aromatic carbocycles. The number of benzene rings is 1. The highest BCUT2D eigenvalue weighted by Gasteiger charge is 2.63. The molecular weight excluding hydrogens is 372 g/mol. The zero-order valence-corrected chi connectivity index (χ0v) is 15.5. The van der Waals surface area contributed by atoms with Crippen molar-refractivity contribution < 1.29 is 14.3 Å². The van der Waals surface area contributed by atoms with E-state index >= 15 is 0 Å². The zero-order chi connectivity index (χ0) is 17.1. The van der Waals surface area contributed by atoms with Gasteiger partial charge in [0, 0.05) is 21.8 Å². The lowest BCUT2D eigenvalue weighted by atomic mass is 9.84. The average molecular weight is 393 g/mol. The van der Waals surface area contributed by atoms with Crippen molar-refractivity contribution in [1.29, 1.82) is 0 Å². The molecule has 0 bridgehead atoms. The lowest BCUT2D eigenvalue weighted by molar-refractivity contribution is -0.148. The fraction of sp³-hybridized carbons (Fsp3) is 0.556. The molecule has 2 saturated heterocycles. The number of rotatable bonds is 2. The molecule has 1 aromatic rings. The Morgan fingerprint density at radius 3 is 3.04 bits per heavy atom. The molecule has 1 N–H and O–H groups in total. The number of ether oxygens (including phenoxy) is 1. The predicted octanol–water partition coefficient (Wildman–Crippen LogP) is 2.95. The highest BCUT2D eigenvalue weighted by Crippen LogP contribution is 2.55. The van der Waals surface area contributed by atoms with E-state index in [1.807, 2.05) is 26.0 Å². The highest BCUT2D eigenvalue weighted by molar-refractivity contribution is 9.10. The van der Waals surface area contributed by atoms with Crippen molar-refractivity contribution in [3.05, 3.63) is 27.7 Å². The quantitative estimate of drug-likeness (QED) is 0.785. The van der Waals surface area contributed by atoms with Crippen molar-refractivity contribution in [2.45, 2.75) is 44.7 Å². The summed E-state index contributed by atoms with van der Waals surface area (Å²) in [4.78, 5) is 27.8. The second-order valence-electron chi connectivity index (χ2n) is 6.93. The lowest BCUT2D eigenvalue weighted by Gasteiger charge is -2.32. The Balaban J connectivity index is 1.84. The summed E-state index contributed by atoms with van der Waals surface area (Å²) in [5, 5.41) is 3.08. The largest absolute Gasteiger partial charge is 0.466 e. The van der Waals surface area contributed by atoms with Gasteiger partial charge in [0.15, 0.2) is 0 Å². The second kappa shape index (κ2) is 5.56. The van der Waals surface area contributed by atoms with Gasteiger partial charge in [0.25, 0.3) is 0 Å². The molecule has 0 unspecified atom stereocenters. The molecule has 3 atom stereocenters. The van der Waals surface area contributed by atoms with E-state index in [4.69, 9.17) is 4.74 Å². The van der Waals surface area contributed by atoms with Crippen LogP contribution in [-0.4, -0.2) is 36.0 Å². The molecule has 3 heterocycles. The minimum Gasteiger partial charge on any atom is -0.466 e. The van der Waals surface area contributed by atoms with Crippen molar-refractivity contribution >= 4 is 33.5 Å². The number of amides is 1. The normalized spacial score (nSPS) is 31.2. The Morgan fingerprint density at radius 1 is 1.50 bits per heavy atom. The molecule has 3 aliphatic rings. The van der Waals surface area contributed by atoms with Gasteiger partial charge in [0.05, 0.1) is 12.5 Å². The highest BCUT2D eigenvalue weighted by atomic mass is 79.9. The van der Waals surface area contributed by atoms with E-state index in [9.17, 15) is 9.59 Å². The summed E-state index contributed by atoms with van der Waals surface area (Å²) in [6, 6.07) is 4.14. The van der Waals surface area contributed by atoms with Crippen LogP contribution in [0.15, 0.2) is 16.6 Å². The van der Waals surface area contributed by atoms with Crippen molar-refractivity contribution in [3.63, 3.8) is 0 Å². The van der Waals surface area contributed by atoms with E-state index in [0.29, 0.717) is 13.0 Å². The van der Waals surface area contributed by atoms with Gasteiger partial charge in [-0.05, 0) is 57.4 Å². The summed E-state index contributed by atoms with van der Waals surface area (Å²) in [5.74, 6) is -0.403. The summed E-state index contributed by atoms with van der Waals surface area (Å²) >= 11 is 3.56. The maximum atomic E-state index is 13.1. The Morgan fingerprint density at radius 2 is 2.29 bits per heavy atom. The monoisotopic (exact) mass is 392 g/mol. The molecule has 2 fully saturated rings. The molecule has 128 valence electrons. The number of hydrogen-bond acceptors (Lipinski definition) is 4. The molecule has 24 heavy (non-hydrogen) atoms. The van der Waals surface area contributed by atoms with Crippen molar-refractivity contribution in [2.75, 3.05) is 18.5 Å². The van der Waals surface area contributed by atoms with E-state index in [1.54, 1.807) is 0 Å². The minimum atomic E-state index is -0.734. The number of hydrogen-bond donors (Lipinski definition) is 1. The molecule has 0 aliphatic carbocycles. The molecule has 3 aliphatic heterocycles. The summed E-state index contributed by atoms with van der Waals surface area (Å²) < 4.78 is 6.26. The molecular formula is C18H21BrN2O3. The zero-order valence-electron chi connectivity index (χ0n) is 13.9. The minimum absolute atomic E-state index is 0.00241. The number of anilines is 1. The molecule has 1 amide bonds. The molecule has 0 radical (unpaired) electrons. The van der Waals surface area contributed by atoms with Crippen LogP contribution in [0.5, 0.6) is 0 Å². The number of fused-ring (bicyclic) bond motifs is 4. The molecule has 0 aromatic heterocycles. The smallest absolute Gasteiger partial charge is 0.310 e. The van der Waals surface area contributed by atoms with Crippen LogP contribution in [0.2, 0.25) is 0 Å². The van der Waals surface area contributed by atoms with Crippen molar-refractivity contribution in [2.24, 2.45) is 5.92 Å². The maximum Gasteiger partial charge on any atom is 0.310 e. The van der Waals surface area contributed by atoms with Gasteiger partial charge in [-0.3, -0.25) is 14.5 Å². The summed E-state index contributed by atoms with van der Waals surface area (Å²) in [7, 11) is 0. The van der Waals surface area contributed by atoms with Crippen LogP contribution in [-0.2, 0) is 19.9 Å². The Labute approximate surface area is 149 Å². The van der Waals surface area contributed by atoms with Crippen molar-refractivity contribution in [3.8, 4) is 0 Å². The first-order chi connectivity index (χ1) is 11.5. The van der Waals surface area contributed by atoms with Gasteiger partial charge in [0.1, 0.15) is 5.54 Å². The number of nitrogens with one attached hydrogen (secondary N) is 1. The lowest BCUT2D eigenvalue weighted by Crippen LogP contribution is -2.47. The van der Waals surface area contributed by atoms with Gasteiger partial charge < -0.3 is 10.1 Å². The molecule has 1 spiro atoms. The molecule has 0 saturated carbocycles. The van der Waals surface area contributed by atoms with Crippen LogP contribution in [0.1, 0.15) is 37.3 Å². The number of esters is 1. The Hall–Kier alpha value is -1.40. The SMILES string of the molecule is CCOC(=O)[C@@H]1C[C@@]2(C(=O)Nc3c(C)cc(Br)cc32)N2CCC[C@H]12. The van der Waals surface area contributed by atoms with Crippen LogP contribution in [0.4, 0.5) is 5.69 Å². The van der Waals surface area contributed by atoms with Crippen LogP contribution in [0.25, 0.3) is 0 Å². The van der Waals surface area contributed by atoms with Gasteiger partial charge in [-0.1, -0.05) is 15.9 Å². The standard InChI is InChI=1S/C18H21BrN2O3/c1-3-24-16(22)12-9-18(21-6-4-5-14(12)21)13-8-11(19)7-10(2)15(13)20-17(18)23/h7-8,12,14H,3-6,9H2,1-2H3,(H,20,23)/t12-,14-,18-/m1/s1. The van der Waals surface area contributed by atoms with E-state index in [0.717, 1.165) is 40.7 Å². The summed E-state index contributed by atoms with van der Waals surface area (Å²) in [6.45, 7) is 5.05. The Kier molecular flexibility index (Phi) is 3.73. The third-order valence-corrected chi connectivity index (χ3v) is 6.18. The first kappa shape index (κ1) is 16.1. The predicted molar refractivity (Wildman–Crippen MR) is 93.7 cm³/mol. The number of halogens is 1. The number of carbonyl (C=O) groups is 2. The van der Waals surface area contributed by atoms with Gasteiger partial charge in [-0.25, -0.2) is 0 Å². The third kappa shape index (κ3) is 2.02. The summed E-state index contributed by atoms with van der Waals surface area (Å²) in [5.41, 5.74) is 2.21. The van der Waals surface area contributed by atoms with E-state index in [2.05, 4.69) is 26.1 Å². The topological polar surface area (TPSA) is 58.6 Å². The van der Waals surface area contributed by atoms with E-state index < -0.39 is 5.54 Å². The number of aryl methyl sites for hydroxylation is 1. The van der Waals surface area contributed by atoms with Crippen LogP contribution >= 0.6 is 15.9 Å². The number of carbonyl (C=O) groups excluding carboxylic acids is 2. The second-order valence-corrected chi connectivity index (χ2v) is 7.84. The fourth-order valence-electron chi connectivity index (χ4n) is 4.81. The third-order valence-electron chi connectivity index (χ3n) is 5.72. The summed E-state index contributed by atoms with van der Waals surface area (Å²) in [6.07, 6.45) is 2.46. The molecule has 5 nitrogen and oxygen atoms in total. The maximum absolute atomic E-state index is 13.1. The Bertz CT molecular complexity index is 735. The fourth-order valence-corrected chi connectivity index (χ4v) is 5.38. The first-order valence-corrected chi connectivity index (χ1v) is 9.33. The van der Waals surface area contributed by atoms with Gasteiger partial charge in [-0.15, -0.1) is 0 Å². The van der Waals surface area contributed by atoms with Gasteiger partial charge >= 0.3 is 5.97 Å². The van der Waals surface area contributed by atoms with Gasteiger partial charge in [0.2, 0.25) is 5.91 Å². The average Bonchev–Trinajstić information content (AvgIpc) is 3.17.